The van der Waals surface area contributed by atoms with Gasteiger partial charge in [0, 0.05) is 22.0 Å². The number of hydrogen-bond acceptors (Lipinski definition) is 3. The van der Waals surface area contributed by atoms with Gasteiger partial charge in [-0.2, -0.15) is 0 Å². The topological polar surface area (TPSA) is 30.7 Å². The number of rotatable bonds is 6. The third-order valence-electron chi connectivity index (χ3n) is 3.48. The Morgan fingerprint density at radius 3 is 2.43 bits per heavy atom. The third-order valence-corrected chi connectivity index (χ3v) is 4.75. The van der Waals surface area contributed by atoms with Crippen molar-refractivity contribution in [2.24, 2.45) is 0 Å². The molecule has 0 bridgehead atoms. The molecule has 0 saturated heterocycles. The molecule has 1 heterocycles. The molecule has 0 aliphatic carbocycles. The van der Waals surface area contributed by atoms with Crippen LogP contribution in [0.3, 0.4) is 0 Å². The molecule has 0 radical (unpaired) electrons. The van der Waals surface area contributed by atoms with E-state index < -0.39 is 0 Å². The Morgan fingerprint density at radius 1 is 1.00 bits per heavy atom. The summed E-state index contributed by atoms with van der Waals surface area (Å²) < 4.78 is 2.10. The molecule has 0 amide bonds. The molecule has 0 spiro atoms. The zero-order valence-corrected chi connectivity index (χ0v) is 14.5. The number of thioether (sulfide) groups is 1. The van der Waals surface area contributed by atoms with E-state index >= 15 is 0 Å². The lowest BCUT2D eigenvalue weighted by molar-refractivity contribution is 0.865. The normalized spacial score (nSPS) is 10.9. The molecule has 23 heavy (non-hydrogen) atoms. The first kappa shape index (κ1) is 16.1. The molecule has 0 aliphatic heterocycles. The van der Waals surface area contributed by atoms with E-state index in [1.54, 1.807) is 11.8 Å². The first-order chi connectivity index (χ1) is 11.3. The highest BCUT2D eigenvalue weighted by molar-refractivity contribution is 7.99. The molecular weight excluding hydrogens is 326 g/mol. The molecule has 0 fully saturated rings. The molecule has 118 valence electrons. The van der Waals surface area contributed by atoms with Crippen molar-refractivity contribution in [2.75, 3.05) is 5.75 Å². The van der Waals surface area contributed by atoms with Crippen molar-refractivity contribution in [3.63, 3.8) is 0 Å². The monoisotopic (exact) mass is 343 g/mol. The van der Waals surface area contributed by atoms with E-state index in [0.717, 1.165) is 33.0 Å². The highest BCUT2D eigenvalue weighted by Gasteiger charge is 2.15. The Labute approximate surface area is 145 Å². The van der Waals surface area contributed by atoms with E-state index in [4.69, 9.17) is 11.6 Å². The first-order valence-electron chi connectivity index (χ1n) is 7.69. The van der Waals surface area contributed by atoms with Gasteiger partial charge < -0.3 is 0 Å². The summed E-state index contributed by atoms with van der Waals surface area (Å²) in [7, 11) is 0. The van der Waals surface area contributed by atoms with Gasteiger partial charge in [-0.15, -0.1) is 10.2 Å². The average molecular weight is 344 g/mol. The number of unbranched alkanes of at least 4 members (excludes halogenated alkanes) is 1. The minimum absolute atomic E-state index is 0.725. The molecule has 0 saturated carbocycles. The summed E-state index contributed by atoms with van der Waals surface area (Å²) in [6.07, 6.45) is 2.34. The number of benzene rings is 2. The van der Waals surface area contributed by atoms with Crippen LogP contribution in [0.5, 0.6) is 0 Å². The molecule has 5 heteroatoms. The second-order valence-corrected chi connectivity index (χ2v) is 6.68. The zero-order valence-electron chi connectivity index (χ0n) is 12.9. The molecule has 0 N–H and O–H groups in total. The minimum Gasteiger partial charge on any atom is -0.270 e. The lowest BCUT2D eigenvalue weighted by Gasteiger charge is -2.10. The average Bonchev–Trinajstić information content (AvgIpc) is 3.00. The van der Waals surface area contributed by atoms with Crippen molar-refractivity contribution < 1.29 is 0 Å². The molecule has 3 nitrogen and oxygen atoms in total. The predicted octanol–water partition coefficient (Wildman–Crippen LogP) is 5.48. The summed E-state index contributed by atoms with van der Waals surface area (Å²) in [5, 5.41) is 10.5. The van der Waals surface area contributed by atoms with Crippen molar-refractivity contribution in [1.29, 1.82) is 0 Å². The van der Waals surface area contributed by atoms with Gasteiger partial charge in [0.2, 0.25) is 0 Å². The molecule has 0 unspecified atom stereocenters. The number of nitrogens with zero attached hydrogens (tertiary/aromatic N) is 3. The van der Waals surface area contributed by atoms with Gasteiger partial charge in [-0.05, 0) is 30.7 Å². The van der Waals surface area contributed by atoms with Gasteiger partial charge in [0.05, 0.1) is 0 Å². The summed E-state index contributed by atoms with van der Waals surface area (Å²) in [4.78, 5) is 0. The second-order valence-electron chi connectivity index (χ2n) is 5.19. The Balaban J connectivity index is 2.04. The molecular formula is C18H18ClN3S. The van der Waals surface area contributed by atoms with Gasteiger partial charge in [-0.25, -0.2) is 0 Å². The van der Waals surface area contributed by atoms with Gasteiger partial charge in [-0.1, -0.05) is 67.0 Å². The fraction of sp³-hybridized carbons (Fsp3) is 0.222. The summed E-state index contributed by atoms with van der Waals surface area (Å²) in [5.74, 6) is 1.89. The predicted molar refractivity (Wildman–Crippen MR) is 97.4 cm³/mol. The van der Waals surface area contributed by atoms with Crippen LogP contribution in [0.2, 0.25) is 5.02 Å². The Kier molecular flexibility index (Phi) is 5.36. The van der Waals surface area contributed by atoms with Gasteiger partial charge in [-0.3, -0.25) is 4.57 Å². The maximum atomic E-state index is 6.03. The van der Waals surface area contributed by atoms with Crippen LogP contribution in [0.25, 0.3) is 17.1 Å². The quantitative estimate of drug-likeness (QED) is 0.438. The smallest absolute Gasteiger partial charge is 0.196 e. The fourth-order valence-electron chi connectivity index (χ4n) is 2.27. The number of aromatic nitrogens is 3. The molecule has 1 aromatic heterocycles. The van der Waals surface area contributed by atoms with Crippen LogP contribution >= 0.6 is 23.4 Å². The van der Waals surface area contributed by atoms with E-state index in [9.17, 15) is 0 Å². The van der Waals surface area contributed by atoms with Crippen molar-refractivity contribution >= 4 is 23.4 Å². The van der Waals surface area contributed by atoms with Gasteiger partial charge in [0.15, 0.2) is 11.0 Å². The van der Waals surface area contributed by atoms with Crippen LogP contribution in [0.4, 0.5) is 0 Å². The molecule has 2 aromatic carbocycles. The standard InChI is InChI=1S/C18H18ClN3S/c1-2-3-13-23-18-21-20-17(14-7-5-4-6-8-14)22(18)16-11-9-15(19)10-12-16/h4-12H,2-3,13H2,1H3. The van der Waals surface area contributed by atoms with Crippen LogP contribution in [-0.4, -0.2) is 20.5 Å². The fourth-order valence-corrected chi connectivity index (χ4v) is 3.43. The Bertz CT molecular complexity index is 754. The van der Waals surface area contributed by atoms with Crippen LogP contribution in [-0.2, 0) is 0 Å². The molecule has 3 aromatic rings. The van der Waals surface area contributed by atoms with Crippen LogP contribution in [0, 0.1) is 0 Å². The van der Waals surface area contributed by atoms with Crippen LogP contribution in [0.15, 0.2) is 59.8 Å². The maximum absolute atomic E-state index is 6.03. The highest BCUT2D eigenvalue weighted by atomic mass is 35.5. The molecule has 0 aliphatic rings. The van der Waals surface area contributed by atoms with E-state index in [1.165, 1.54) is 12.8 Å². The molecule has 3 rings (SSSR count). The first-order valence-corrected chi connectivity index (χ1v) is 9.05. The van der Waals surface area contributed by atoms with Crippen LogP contribution < -0.4 is 0 Å². The highest BCUT2D eigenvalue weighted by Crippen LogP contribution is 2.28. The third kappa shape index (κ3) is 3.77. The lowest BCUT2D eigenvalue weighted by Crippen LogP contribution is -1.99. The number of halogens is 1. The SMILES string of the molecule is CCCCSc1nnc(-c2ccccc2)n1-c1ccc(Cl)cc1. The Hall–Kier alpha value is -1.78. The minimum atomic E-state index is 0.725. The van der Waals surface area contributed by atoms with Gasteiger partial charge >= 0.3 is 0 Å². The van der Waals surface area contributed by atoms with Crippen molar-refractivity contribution in [1.82, 2.24) is 14.8 Å². The number of hydrogen-bond donors (Lipinski definition) is 0. The largest absolute Gasteiger partial charge is 0.270 e. The molecule has 0 atom stereocenters. The second kappa shape index (κ2) is 7.66. The summed E-state index contributed by atoms with van der Waals surface area (Å²) in [6.45, 7) is 2.19. The van der Waals surface area contributed by atoms with Crippen LogP contribution in [0.1, 0.15) is 19.8 Å². The van der Waals surface area contributed by atoms with E-state index in [-0.39, 0.29) is 0 Å². The van der Waals surface area contributed by atoms with E-state index in [1.807, 2.05) is 42.5 Å². The van der Waals surface area contributed by atoms with Crippen molar-refractivity contribution in [3.05, 3.63) is 59.6 Å². The van der Waals surface area contributed by atoms with E-state index in [2.05, 4.69) is 33.8 Å². The summed E-state index contributed by atoms with van der Waals surface area (Å²) in [6, 6.07) is 17.9. The van der Waals surface area contributed by atoms with Gasteiger partial charge in [0.1, 0.15) is 0 Å². The summed E-state index contributed by atoms with van der Waals surface area (Å²) in [5.41, 5.74) is 2.08. The Morgan fingerprint density at radius 2 is 1.74 bits per heavy atom. The lowest BCUT2D eigenvalue weighted by atomic mass is 10.2. The van der Waals surface area contributed by atoms with Crippen molar-refractivity contribution in [2.45, 2.75) is 24.9 Å². The van der Waals surface area contributed by atoms with Gasteiger partial charge in [0.25, 0.3) is 0 Å². The van der Waals surface area contributed by atoms with E-state index in [0.29, 0.717) is 0 Å². The maximum Gasteiger partial charge on any atom is 0.196 e. The summed E-state index contributed by atoms with van der Waals surface area (Å²) >= 11 is 7.77. The van der Waals surface area contributed by atoms with Crippen molar-refractivity contribution in [3.8, 4) is 17.1 Å². The zero-order chi connectivity index (χ0) is 16.1.